The van der Waals surface area contributed by atoms with Gasteiger partial charge in [0.1, 0.15) is 0 Å². The molecule has 4 heavy (non-hydrogen) atoms. The Morgan fingerprint density at radius 2 is 1.25 bits per heavy atom. The maximum absolute atomic E-state index is 2.40. The Labute approximate surface area is 104 Å². The second kappa shape index (κ2) is 9.93. The van der Waals surface area contributed by atoms with E-state index in [9.17, 15) is 0 Å². The van der Waals surface area contributed by atoms with Gasteiger partial charge in [-0.3, -0.25) is 0 Å². The van der Waals surface area contributed by atoms with Crippen molar-refractivity contribution in [3.8, 4) is 0 Å². The summed E-state index contributed by atoms with van der Waals surface area (Å²) in [5, 5.41) is 0. The molecule has 0 aromatic rings. The molecule has 0 aliphatic rings. The molecule has 0 aliphatic heterocycles. The van der Waals surface area contributed by atoms with E-state index in [2.05, 4.69) is 40.4 Å². The molecule has 4 heteroatoms. The number of halogens is 2. The summed E-state index contributed by atoms with van der Waals surface area (Å²) in [7, 11) is 0.440. The zero-order valence-electron chi connectivity index (χ0n) is 2.26. The van der Waals surface area contributed by atoms with Crippen LogP contribution in [0.3, 0.4) is 0 Å². The van der Waals surface area contributed by atoms with Crippen LogP contribution in [-0.2, 0) is 0 Å². The topological polar surface area (TPSA) is 0 Å². The van der Waals surface area contributed by atoms with Crippen molar-refractivity contribution in [3.63, 3.8) is 0 Å². The molecule has 0 nitrogen and oxygen atoms in total. The van der Waals surface area contributed by atoms with Crippen molar-refractivity contribution in [2.75, 3.05) is 0 Å². The molecule has 0 aliphatic carbocycles. The van der Waals surface area contributed by atoms with E-state index in [1.807, 2.05) is 0 Å². The zero-order valence-corrected chi connectivity index (χ0v) is 13.6. The van der Waals surface area contributed by atoms with Crippen LogP contribution in [0.15, 0.2) is 0 Å². The van der Waals surface area contributed by atoms with Gasteiger partial charge in [0.25, 0.3) is 0 Å². The monoisotopic (exact) mass is 413 g/mol. The van der Waals surface area contributed by atoms with Crippen LogP contribution in [0.2, 0.25) is 0 Å². The van der Waals surface area contributed by atoms with Gasteiger partial charge in [0.15, 0.2) is 0 Å². The first-order valence-corrected chi connectivity index (χ1v) is 13.2. The van der Waals surface area contributed by atoms with Gasteiger partial charge in [0.05, 0.1) is 0 Å². The summed E-state index contributed by atoms with van der Waals surface area (Å²) < 4.78 is 0. The Bertz CT molecular complexity index is 6.00. The average Bonchev–Trinajstić information content (AvgIpc) is 0.918. The standard InChI is InChI=1S/GeI2.Rb/c2-1-3;. The third-order valence-electron chi connectivity index (χ3n) is 0. The van der Waals surface area contributed by atoms with Gasteiger partial charge in [0, 0.05) is 58.2 Å². The summed E-state index contributed by atoms with van der Waals surface area (Å²) in [5.41, 5.74) is 0. The minimum Gasteiger partial charge on any atom is 0 e. The van der Waals surface area contributed by atoms with E-state index in [4.69, 9.17) is 0 Å². The average molecular weight is 412 g/mol. The summed E-state index contributed by atoms with van der Waals surface area (Å²) in [6.07, 6.45) is 0. The summed E-state index contributed by atoms with van der Waals surface area (Å²) in [6, 6.07) is 0. The fourth-order valence-electron chi connectivity index (χ4n) is 0. The first-order chi connectivity index (χ1) is 1.41. The van der Waals surface area contributed by atoms with Crippen LogP contribution >= 0.6 is 40.4 Å². The molecule has 0 aromatic heterocycles. The largest absolute Gasteiger partial charge is 0 e. The summed E-state index contributed by atoms with van der Waals surface area (Å²) in [6.45, 7) is 0. The van der Waals surface area contributed by atoms with E-state index in [0.717, 1.165) is 0 Å². The fraction of sp³-hybridized carbons (Fsp3) is 0. The van der Waals surface area contributed by atoms with Crippen LogP contribution < -0.4 is 0 Å². The predicted octanol–water partition coefficient (Wildman–Crippen LogP) is 1.01. The van der Waals surface area contributed by atoms with Crippen molar-refractivity contribution in [2.45, 2.75) is 0 Å². The van der Waals surface area contributed by atoms with Crippen LogP contribution in [-0.4, -0.2) is 67.0 Å². The van der Waals surface area contributed by atoms with Crippen molar-refractivity contribution >= 4 is 107 Å². The van der Waals surface area contributed by atoms with Crippen molar-refractivity contribution in [3.05, 3.63) is 0 Å². The molecule has 0 saturated carbocycles. The van der Waals surface area contributed by atoms with Gasteiger partial charge < -0.3 is 0 Å². The molecule has 0 heterocycles. The minimum atomic E-state index is 0. The summed E-state index contributed by atoms with van der Waals surface area (Å²) in [4.78, 5) is 0. The Balaban J connectivity index is 0. The normalized spacial score (nSPS) is 4.50. The van der Waals surface area contributed by atoms with Crippen molar-refractivity contribution in [1.29, 1.82) is 0 Å². The van der Waals surface area contributed by atoms with E-state index < -0.39 is 0 Å². The maximum Gasteiger partial charge on any atom is 0 e. The zero-order chi connectivity index (χ0) is 2.71. The van der Waals surface area contributed by atoms with Gasteiger partial charge in [-0.25, -0.2) is 0 Å². The Morgan fingerprint density at radius 1 is 1.25 bits per heavy atom. The molecule has 0 amide bonds. The number of hydrogen-bond donors (Lipinski definition) is 0. The number of hydrogen-bond acceptors (Lipinski definition) is 0. The van der Waals surface area contributed by atoms with Gasteiger partial charge >= 0.3 is 49.2 Å². The Morgan fingerprint density at radius 3 is 1.25 bits per heavy atom. The minimum absolute atomic E-state index is 0. The molecule has 19 valence electrons. The first kappa shape index (κ1) is 10.7. The summed E-state index contributed by atoms with van der Waals surface area (Å²) >= 11 is 4.80. The maximum atomic E-state index is 2.40. The van der Waals surface area contributed by atoms with E-state index in [0.29, 0.717) is 8.81 Å². The van der Waals surface area contributed by atoms with Crippen LogP contribution in [0, 0.1) is 0 Å². The smallest absolute Gasteiger partial charge is 0 e. The molecular weight excluding hydrogens is 412 g/mol. The molecular formula is GeI2Rb. The van der Waals surface area contributed by atoms with Crippen molar-refractivity contribution < 1.29 is 0 Å². The Hall–Kier alpha value is 3.81. The second-order valence-electron chi connectivity index (χ2n) is 0.0714. The van der Waals surface area contributed by atoms with E-state index in [1.165, 1.54) is 0 Å². The van der Waals surface area contributed by atoms with Gasteiger partial charge in [-0.05, 0) is 0 Å². The van der Waals surface area contributed by atoms with E-state index in [1.54, 1.807) is 0 Å². The molecule has 0 atom stereocenters. The Kier molecular flexibility index (Phi) is 26.6. The molecule has 0 unspecified atom stereocenters. The molecule has 0 saturated heterocycles. The molecule has 0 N–H and O–H groups in total. The summed E-state index contributed by atoms with van der Waals surface area (Å²) in [5.74, 6) is 0. The van der Waals surface area contributed by atoms with Gasteiger partial charge in [-0.1, -0.05) is 0 Å². The molecule has 0 fully saturated rings. The molecule has 0 aromatic carbocycles. The molecule has 3 radical (unpaired) electrons. The van der Waals surface area contributed by atoms with Crippen LogP contribution in [0.25, 0.3) is 0 Å². The molecule has 0 spiro atoms. The van der Waals surface area contributed by atoms with Gasteiger partial charge in [0.2, 0.25) is 0 Å². The van der Waals surface area contributed by atoms with Crippen LogP contribution in [0.5, 0.6) is 0 Å². The van der Waals surface area contributed by atoms with Gasteiger partial charge in [-0.15, -0.1) is 0 Å². The van der Waals surface area contributed by atoms with Crippen LogP contribution in [0.4, 0.5) is 0 Å². The fourth-order valence-corrected chi connectivity index (χ4v) is 0. The molecule has 0 bridgehead atoms. The SMILES string of the molecule is [I][Ge][I].[Rb]. The third-order valence-corrected chi connectivity index (χ3v) is 0. The second-order valence-corrected chi connectivity index (χ2v) is 16.7. The molecule has 0 rings (SSSR count). The third kappa shape index (κ3) is 9.26. The number of rotatable bonds is 0. The van der Waals surface area contributed by atoms with E-state index in [-0.39, 0.29) is 58.2 Å². The van der Waals surface area contributed by atoms with E-state index >= 15 is 0 Å². The van der Waals surface area contributed by atoms with Gasteiger partial charge in [-0.2, -0.15) is 0 Å². The quantitative estimate of drug-likeness (QED) is 0.412. The van der Waals surface area contributed by atoms with Crippen molar-refractivity contribution in [1.82, 2.24) is 0 Å². The van der Waals surface area contributed by atoms with Crippen LogP contribution in [0.1, 0.15) is 0 Å². The predicted molar refractivity (Wildman–Crippen MR) is 39.5 cm³/mol. The van der Waals surface area contributed by atoms with Crippen molar-refractivity contribution in [2.24, 2.45) is 0 Å². The first-order valence-electron chi connectivity index (χ1n) is 0.378.